The summed E-state index contributed by atoms with van der Waals surface area (Å²) in [4.78, 5) is 11.8. The zero-order chi connectivity index (χ0) is 13.7. The van der Waals surface area contributed by atoms with E-state index >= 15 is 0 Å². The van der Waals surface area contributed by atoms with Gasteiger partial charge in [-0.25, -0.2) is 0 Å². The van der Waals surface area contributed by atoms with E-state index in [-0.39, 0.29) is 41.7 Å². The lowest BCUT2D eigenvalue weighted by atomic mass is 9.80. The molecule has 1 aromatic rings. The van der Waals surface area contributed by atoms with E-state index < -0.39 is 0 Å². The minimum atomic E-state index is 0. The molecule has 2 aliphatic heterocycles. The molecule has 0 aromatic carbocycles. The summed E-state index contributed by atoms with van der Waals surface area (Å²) in [5.41, 5.74) is 2.19. The first-order valence-electron chi connectivity index (χ1n) is 7.15. The third-order valence-electron chi connectivity index (χ3n) is 4.42. The molecule has 4 nitrogen and oxygen atoms in total. The van der Waals surface area contributed by atoms with Crippen molar-refractivity contribution in [2.75, 3.05) is 13.1 Å². The lowest BCUT2D eigenvalue weighted by Crippen LogP contribution is -2.63. The number of hydrogen-bond donors (Lipinski definition) is 2. The van der Waals surface area contributed by atoms with Crippen molar-refractivity contribution in [1.29, 1.82) is 0 Å². The van der Waals surface area contributed by atoms with E-state index in [4.69, 9.17) is 0 Å². The van der Waals surface area contributed by atoms with Crippen LogP contribution in [0.15, 0.2) is 12.1 Å². The molecular formula is C15H25Cl2N3O. The van der Waals surface area contributed by atoms with Gasteiger partial charge in [0.25, 0.3) is 0 Å². The van der Waals surface area contributed by atoms with Crippen LogP contribution in [0.3, 0.4) is 0 Å². The fraction of sp³-hybridized carbons (Fsp3) is 0.667. The van der Waals surface area contributed by atoms with Crippen molar-refractivity contribution in [3.63, 3.8) is 0 Å². The van der Waals surface area contributed by atoms with Crippen LogP contribution in [0.5, 0.6) is 0 Å². The molecule has 0 radical (unpaired) electrons. The number of nitrogens with zero attached hydrogens (tertiary/aromatic N) is 1. The van der Waals surface area contributed by atoms with Gasteiger partial charge in [-0.1, -0.05) is 0 Å². The molecule has 120 valence electrons. The van der Waals surface area contributed by atoms with Crippen molar-refractivity contribution in [3.05, 3.63) is 23.5 Å². The predicted molar refractivity (Wildman–Crippen MR) is 89.9 cm³/mol. The van der Waals surface area contributed by atoms with Crippen molar-refractivity contribution < 1.29 is 4.79 Å². The van der Waals surface area contributed by atoms with Gasteiger partial charge in [0.1, 0.15) is 0 Å². The number of hydrogen-bond acceptors (Lipinski definition) is 3. The van der Waals surface area contributed by atoms with Crippen molar-refractivity contribution in [3.8, 4) is 0 Å². The Kier molecular flexibility index (Phi) is 5.54. The van der Waals surface area contributed by atoms with Crippen LogP contribution < -0.4 is 10.6 Å². The van der Waals surface area contributed by atoms with Crippen LogP contribution in [0.1, 0.15) is 49.8 Å². The smallest absolute Gasteiger partial charge is 0.176 e. The number of nitrogens with one attached hydrogen (secondary N) is 2. The Labute approximate surface area is 138 Å². The first kappa shape index (κ1) is 18.5. The average Bonchev–Trinajstić information content (AvgIpc) is 2.72. The summed E-state index contributed by atoms with van der Waals surface area (Å²) in [6, 6.07) is 4.13. The van der Waals surface area contributed by atoms with E-state index in [1.54, 1.807) is 6.92 Å². The largest absolute Gasteiger partial charge is 0.339 e. The lowest BCUT2D eigenvalue weighted by Gasteiger charge is -2.49. The van der Waals surface area contributed by atoms with Crippen molar-refractivity contribution in [1.82, 2.24) is 15.2 Å². The highest BCUT2D eigenvalue weighted by atomic mass is 35.5. The summed E-state index contributed by atoms with van der Waals surface area (Å²) in [5.74, 6) is 0.160. The normalized spacial score (nSPS) is 21.9. The highest BCUT2D eigenvalue weighted by molar-refractivity contribution is 5.92. The van der Waals surface area contributed by atoms with Gasteiger partial charge >= 0.3 is 0 Å². The zero-order valence-electron chi connectivity index (χ0n) is 12.9. The molecule has 1 aromatic heterocycles. The van der Waals surface area contributed by atoms with Crippen molar-refractivity contribution in [2.24, 2.45) is 0 Å². The number of Topliss-reactive ketones (excluding diaryl/α,β-unsaturated/α-hetero) is 1. The lowest BCUT2D eigenvalue weighted by molar-refractivity contribution is 0.0980. The van der Waals surface area contributed by atoms with Crippen LogP contribution >= 0.6 is 24.8 Å². The molecule has 0 bridgehead atoms. The maximum atomic E-state index is 11.8. The van der Waals surface area contributed by atoms with Crippen molar-refractivity contribution >= 4 is 30.6 Å². The second-order valence-electron chi connectivity index (χ2n) is 6.59. The highest BCUT2D eigenvalue weighted by Gasteiger charge is 2.44. The molecule has 1 spiro atoms. The summed E-state index contributed by atoms with van der Waals surface area (Å²) >= 11 is 0. The van der Waals surface area contributed by atoms with E-state index in [0.717, 1.165) is 38.2 Å². The molecule has 1 fully saturated rings. The van der Waals surface area contributed by atoms with Gasteiger partial charge in [0.2, 0.25) is 0 Å². The number of halogens is 2. The van der Waals surface area contributed by atoms with E-state index in [0.29, 0.717) is 0 Å². The Morgan fingerprint density at radius 1 is 1.19 bits per heavy atom. The number of rotatable bonds is 1. The Morgan fingerprint density at radius 3 is 2.38 bits per heavy atom. The van der Waals surface area contributed by atoms with E-state index in [1.807, 2.05) is 6.07 Å². The predicted octanol–water partition coefficient (Wildman–Crippen LogP) is 2.49. The number of ketones is 1. The highest BCUT2D eigenvalue weighted by Crippen LogP contribution is 2.38. The Bertz CT molecular complexity index is 519. The van der Waals surface area contributed by atoms with Gasteiger partial charge in [0, 0.05) is 24.7 Å². The molecule has 0 aliphatic carbocycles. The van der Waals surface area contributed by atoms with E-state index in [9.17, 15) is 4.79 Å². The molecule has 3 rings (SSSR count). The minimum Gasteiger partial charge on any atom is -0.339 e. The topological polar surface area (TPSA) is 46.1 Å². The molecule has 2 N–H and O–H groups in total. The maximum absolute atomic E-state index is 11.8. The summed E-state index contributed by atoms with van der Waals surface area (Å²) in [7, 11) is 0. The van der Waals surface area contributed by atoms with Crippen LogP contribution in [-0.2, 0) is 12.1 Å². The SMILES string of the molecule is CC(=O)c1ccc2n1CC(C)(C)NC21CCNCC1.Cl.Cl. The summed E-state index contributed by atoms with van der Waals surface area (Å²) in [6.07, 6.45) is 2.16. The number of piperidine rings is 1. The van der Waals surface area contributed by atoms with Crippen LogP contribution in [0.4, 0.5) is 0 Å². The average molecular weight is 334 g/mol. The first-order chi connectivity index (χ1) is 8.94. The van der Waals surface area contributed by atoms with Crippen LogP contribution in [0, 0.1) is 0 Å². The molecule has 0 saturated carbocycles. The monoisotopic (exact) mass is 333 g/mol. The van der Waals surface area contributed by atoms with E-state index in [1.165, 1.54) is 5.69 Å². The molecule has 6 heteroatoms. The molecule has 0 unspecified atom stereocenters. The second kappa shape index (κ2) is 6.29. The third-order valence-corrected chi connectivity index (χ3v) is 4.42. The summed E-state index contributed by atoms with van der Waals surface area (Å²) in [5, 5.41) is 7.27. The van der Waals surface area contributed by atoms with Crippen LogP contribution in [0.2, 0.25) is 0 Å². The molecule has 1 saturated heterocycles. The number of carbonyl (C=O) groups is 1. The summed E-state index contributed by atoms with van der Waals surface area (Å²) < 4.78 is 2.24. The zero-order valence-corrected chi connectivity index (χ0v) is 14.5. The number of aromatic nitrogens is 1. The Morgan fingerprint density at radius 2 is 1.81 bits per heavy atom. The van der Waals surface area contributed by atoms with Crippen LogP contribution in [-0.4, -0.2) is 29.0 Å². The molecular weight excluding hydrogens is 309 g/mol. The quantitative estimate of drug-likeness (QED) is 0.776. The molecule has 3 heterocycles. The third kappa shape index (κ3) is 3.14. The van der Waals surface area contributed by atoms with Gasteiger partial charge in [0.05, 0.1) is 11.2 Å². The molecule has 0 atom stereocenters. The second-order valence-corrected chi connectivity index (χ2v) is 6.59. The fourth-order valence-corrected chi connectivity index (χ4v) is 3.74. The Hall–Kier alpha value is -0.550. The molecule has 0 amide bonds. The Balaban J connectivity index is 0.00000110. The van der Waals surface area contributed by atoms with Gasteiger partial charge in [-0.2, -0.15) is 0 Å². The number of fused-ring (bicyclic) bond motifs is 2. The molecule has 2 aliphatic rings. The van der Waals surface area contributed by atoms with Crippen molar-refractivity contribution in [2.45, 2.75) is 51.2 Å². The minimum absolute atomic E-state index is 0. The van der Waals surface area contributed by atoms with Gasteiger partial charge < -0.3 is 9.88 Å². The first-order valence-corrected chi connectivity index (χ1v) is 7.15. The number of carbonyl (C=O) groups excluding carboxylic acids is 1. The van der Waals surface area contributed by atoms with Gasteiger partial charge in [0.15, 0.2) is 5.78 Å². The van der Waals surface area contributed by atoms with Gasteiger partial charge in [-0.15, -0.1) is 24.8 Å². The maximum Gasteiger partial charge on any atom is 0.176 e. The fourth-order valence-electron chi connectivity index (χ4n) is 3.74. The standard InChI is InChI=1S/C15H23N3O.2ClH/c1-11(19)12-4-5-13-15(6-8-16-9-7-15)17-14(2,3)10-18(12)13;;/h4-5,16-17H,6-10H2,1-3H3;2*1H. The van der Waals surface area contributed by atoms with Gasteiger partial charge in [-0.3, -0.25) is 10.1 Å². The van der Waals surface area contributed by atoms with Gasteiger partial charge in [-0.05, 0) is 51.9 Å². The van der Waals surface area contributed by atoms with E-state index in [2.05, 4.69) is 35.1 Å². The molecule has 21 heavy (non-hydrogen) atoms. The van der Waals surface area contributed by atoms with Crippen LogP contribution in [0.25, 0.3) is 0 Å². The summed E-state index contributed by atoms with van der Waals surface area (Å²) in [6.45, 7) is 9.03.